The predicted molar refractivity (Wildman–Crippen MR) is 55.6 cm³/mol. The number of hydrogen-bond donors (Lipinski definition) is 1. The van der Waals surface area contributed by atoms with E-state index in [9.17, 15) is 35.5 Å². The van der Waals surface area contributed by atoms with E-state index in [0.29, 0.717) is 5.32 Å². The lowest BCUT2D eigenvalue weighted by Crippen LogP contribution is -2.54. The average molecular weight is 319 g/mol. The maximum absolute atomic E-state index is 12.5. The fraction of sp³-hybridized carbons (Fsp3) is 0.364. The van der Waals surface area contributed by atoms with Gasteiger partial charge in [-0.15, -0.1) is 0 Å². The van der Waals surface area contributed by atoms with Crippen LogP contribution in [-0.2, 0) is 11.3 Å². The molecule has 0 heterocycles. The van der Waals surface area contributed by atoms with Crippen LogP contribution in [0.15, 0.2) is 24.3 Å². The summed E-state index contributed by atoms with van der Waals surface area (Å²) in [6.45, 7) is -0.603. The summed E-state index contributed by atoms with van der Waals surface area (Å²) in [5.41, 5.74) is 0.196. The van der Waals surface area contributed by atoms with E-state index >= 15 is 0 Å². The van der Waals surface area contributed by atoms with E-state index < -0.39 is 36.9 Å². The molecule has 0 radical (unpaired) electrons. The molecule has 0 atom stereocenters. The number of amides is 1. The lowest BCUT2D eigenvalue weighted by atomic mass is 10.2. The molecule has 0 aliphatic rings. The van der Waals surface area contributed by atoms with Crippen LogP contribution >= 0.6 is 0 Å². The van der Waals surface area contributed by atoms with E-state index in [1.807, 2.05) is 0 Å². The third kappa shape index (κ3) is 5.48. The monoisotopic (exact) mass is 319 g/mol. The van der Waals surface area contributed by atoms with Gasteiger partial charge < -0.3 is 10.1 Å². The summed E-state index contributed by atoms with van der Waals surface area (Å²) >= 11 is 0. The molecule has 1 amide bonds. The van der Waals surface area contributed by atoms with Gasteiger partial charge in [0.1, 0.15) is 12.4 Å². The van der Waals surface area contributed by atoms with Crippen molar-refractivity contribution < 1.29 is 40.3 Å². The number of carbonyl (C=O) groups excluding carboxylic acids is 1. The van der Waals surface area contributed by atoms with Crippen molar-refractivity contribution in [3.05, 3.63) is 35.6 Å². The number of ether oxygens (including phenoxy) is 1. The lowest BCUT2D eigenvalue weighted by Gasteiger charge is -2.23. The van der Waals surface area contributed by atoms with Crippen LogP contribution < -0.4 is 5.32 Å². The largest absolute Gasteiger partial charge is 0.445 e. The molecule has 0 aromatic heterocycles. The van der Waals surface area contributed by atoms with Crippen LogP contribution in [-0.4, -0.2) is 24.5 Å². The van der Waals surface area contributed by atoms with Gasteiger partial charge in [-0.25, -0.2) is 9.18 Å². The highest BCUT2D eigenvalue weighted by Gasteiger charge is 2.57. The van der Waals surface area contributed by atoms with Crippen LogP contribution in [0.25, 0.3) is 0 Å². The molecular formula is C11H8F7NO2. The normalized spacial score (nSPS) is 12.4. The number of halogens is 7. The summed E-state index contributed by atoms with van der Waals surface area (Å²) in [5.74, 6) is -0.600. The van der Waals surface area contributed by atoms with Gasteiger partial charge >= 0.3 is 18.4 Å². The van der Waals surface area contributed by atoms with Crippen molar-refractivity contribution in [3.8, 4) is 0 Å². The van der Waals surface area contributed by atoms with Crippen molar-refractivity contribution in [2.45, 2.75) is 25.0 Å². The number of nitrogens with one attached hydrogen (secondary N) is 1. The Hall–Kier alpha value is -2.00. The second-order valence-electron chi connectivity index (χ2n) is 3.86. The number of alkyl halides is 6. The van der Waals surface area contributed by atoms with Crippen LogP contribution in [0, 0.1) is 5.82 Å². The second-order valence-corrected chi connectivity index (χ2v) is 3.86. The third-order valence-electron chi connectivity index (χ3n) is 2.20. The van der Waals surface area contributed by atoms with Crippen molar-refractivity contribution in [1.29, 1.82) is 0 Å². The summed E-state index contributed by atoms with van der Waals surface area (Å²) in [5, 5.41) is 0.693. The zero-order valence-corrected chi connectivity index (χ0v) is 10.1. The van der Waals surface area contributed by atoms with Crippen molar-refractivity contribution >= 4 is 6.09 Å². The zero-order chi connectivity index (χ0) is 16.3. The van der Waals surface area contributed by atoms with E-state index in [4.69, 9.17) is 0 Å². The molecule has 0 aliphatic carbocycles. The van der Waals surface area contributed by atoms with Gasteiger partial charge in [-0.1, -0.05) is 12.1 Å². The highest BCUT2D eigenvalue weighted by atomic mass is 19.4. The number of benzene rings is 1. The first-order valence-corrected chi connectivity index (χ1v) is 5.31. The minimum atomic E-state index is -5.70. The van der Waals surface area contributed by atoms with Crippen LogP contribution in [0.4, 0.5) is 35.5 Å². The fourth-order valence-electron chi connectivity index (χ4n) is 1.24. The highest BCUT2D eigenvalue weighted by molar-refractivity contribution is 5.67. The van der Waals surface area contributed by atoms with Crippen LogP contribution in [0.3, 0.4) is 0 Å². The minimum absolute atomic E-state index is 0.196. The molecule has 1 N–H and O–H groups in total. The maximum atomic E-state index is 12.5. The summed E-state index contributed by atoms with van der Waals surface area (Å²) in [4.78, 5) is 11.0. The summed E-state index contributed by atoms with van der Waals surface area (Å²) in [7, 11) is 0. The molecule has 10 heteroatoms. The fourth-order valence-corrected chi connectivity index (χ4v) is 1.24. The summed E-state index contributed by atoms with van der Waals surface area (Å²) in [6.07, 6.45) is -13.3. The summed E-state index contributed by atoms with van der Waals surface area (Å²) < 4.78 is 89.7. The van der Waals surface area contributed by atoms with E-state index in [0.717, 1.165) is 24.3 Å². The van der Waals surface area contributed by atoms with Gasteiger partial charge in [0.15, 0.2) is 0 Å². The van der Waals surface area contributed by atoms with Gasteiger partial charge in [-0.2, -0.15) is 26.3 Å². The minimum Gasteiger partial charge on any atom is -0.445 e. The SMILES string of the molecule is O=C(NC(C(F)(F)F)C(F)(F)F)OCc1ccc(F)cc1. The van der Waals surface area contributed by atoms with Gasteiger partial charge in [-0.05, 0) is 17.7 Å². The smallest absolute Gasteiger partial charge is 0.417 e. The van der Waals surface area contributed by atoms with Crippen LogP contribution in [0.5, 0.6) is 0 Å². The van der Waals surface area contributed by atoms with Crippen LogP contribution in [0.2, 0.25) is 0 Å². The first-order valence-electron chi connectivity index (χ1n) is 5.31. The molecule has 1 rings (SSSR count). The number of alkyl carbamates (subject to hydrolysis) is 1. The van der Waals surface area contributed by atoms with Crippen LogP contribution in [0.1, 0.15) is 5.56 Å². The topological polar surface area (TPSA) is 38.3 Å². The molecule has 0 saturated heterocycles. The van der Waals surface area contributed by atoms with E-state index in [-0.39, 0.29) is 5.56 Å². The van der Waals surface area contributed by atoms with Gasteiger partial charge in [0.05, 0.1) is 0 Å². The van der Waals surface area contributed by atoms with Gasteiger partial charge in [-0.3, -0.25) is 0 Å². The van der Waals surface area contributed by atoms with Gasteiger partial charge in [0.2, 0.25) is 6.04 Å². The number of hydrogen-bond acceptors (Lipinski definition) is 2. The summed E-state index contributed by atoms with van der Waals surface area (Å²) in [6, 6.07) is 0.280. The first kappa shape index (κ1) is 17.1. The molecular weight excluding hydrogens is 311 g/mol. The predicted octanol–water partition coefficient (Wildman–Crippen LogP) is 3.55. The molecule has 0 saturated carbocycles. The Balaban J connectivity index is 2.61. The second kappa shape index (κ2) is 6.19. The van der Waals surface area contributed by atoms with E-state index in [2.05, 4.69) is 4.74 Å². The lowest BCUT2D eigenvalue weighted by molar-refractivity contribution is -0.256. The molecule has 0 unspecified atom stereocenters. The van der Waals surface area contributed by atoms with Crippen molar-refractivity contribution in [3.63, 3.8) is 0 Å². The number of carbonyl (C=O) groups is 1. The molecule has 118 valence electrons. The van der Waals surface area contributed by atoms with Crippen molar-refractivity contribution in [2.24, 2.45) is 0 Å². The standard InChI is InChI=1S/C11H8F7NO2/c12-7-3-1-6(2-4-7)5-21-9(20)19-8(10(13,14)15)11(16,17)18/h1-4,8H,5H2,(H,19,20). The molecule has 0 aliphatic heterocycles. The average Bonchev–Trinajstić information content (AvgIpc) is 2.32. The van der Waals surface area contributed by atoms with E-state index in [1.54, 1.807) is 0 Å². The van der Waals surface area contributed by atoms with Gasteiger partial charge in [0, 0.05) is 0 Å². The molecule has 1 aromatic rings. The maximum Gasteiger partial charge on any atom is 0.417 e. The van der Waals surface area contributed by atoms with E-state index in [1.165, 1.54) is 0 Å². The number of rotatable bonds is 3. The molecule has 21 heavy (non-hydrogen) atoms. The third-order valence-corrected chi connectivity index (χ3v) is 2.20. The van der Waals surface area contributed by atoms with Crippen molar-refractivity contribution in [2.75, 3.05) is 0 Å². The Labute approximate surface area is 113 Å². The Kier molecular flexibility index (Phi) is 5.02. The first-order chi connectivity index (χ1) is 9.50. The quantitative estimate of drug-likeness (QED) is 0.866. The molecule has 1 aromatic carbocycles. The highest BCUT2D eigenvalue weighted by Crippen LogP contribution is 2.33. The Morgan fingerprint density at radius 3 is 1.95 bits per heavy atom. The Bertz CT molecular complexity index is 467. The van der Waals surface area contributed by atoms with Crippen molar-refractivity contribution in [1.82, 2.24) is 5.32 Å². The zero-order valence-electron chi connectivity index (χ0n) is 10.1. The Morgan fingerprint density at radius 1 is 1.05 bits per heavy atom. The molecule has 3 nitrogen and oxygen atoms in total. The van der Waals surface area contributed by atoms with Gasteiger partial charge in [0.25, 0.3) is 0 Å². The molecule has 0 bridgehead atoms. The molecule has 0 spiro atoms. The Morgan fingerprint density at radius 2 is 1.52 bits per heavy atom. The molecule has 0 fully saturated rings.